The van der Waals surface area contributed by atoms with Gasteiger partial charge in [0.2, 0.25) is 5.95 Å². The van der Waals surface area contributed by atoms with Crippen LogP contribution >= 0.6 is 0 Å². The van der Waals surface area contributed by atoms with E-state index in [1.807, 2.05) is 47.4 Å². The van der Waals surface area contributed by atoms with Gasteiger partial charge in [0.1, 0.15) is 11.6 Å². The van der Waals surface area contributed by atoms with Crippen molar-refractivity contribution in [1.29, 1.82) is 0 Å². The first-order chi connectivity index (χ1) is 17.5. The minimum Gasteiger partial charge on any atom is -0.389 e. The van der Waals surface area contributed by atoms with E-state index >= 15 is 0 Å². The van der Waals surface area contributed by atoms with Crippen LogP contribution in [0.4, 0.5) is 5.82 Å². The number of hydrogen-bond acceptors (Lipinski definition) is 8. The summed E-state index contributed by atoms with van der Waals surface area (Å²) in [6, 6.07) is 8.06. The third kappa shape index (κ3) is 4.23. The van der Waals surface area contributed by atoms with Gasteiger partial charge in [0, 0.05) is 26.7 Å². The maximum atomic E-state index is 10.9. The molecule has 10 nitrogen and oxygen atoms in total. The molecule has 1 aliphatic heterocycles. The average molecular weight is 491 g/mol. The summed E-state index contributed by atoms with van der Waals surface area (Å²) in [6.07, 6.45) is 5.11. The Balaban J connectivity index is 1.40. The molecule has 2 aliphatic rings. The highest BCUT2D eigenvalue weighted by molar-refractivity contribution is 5.86. The van der Waals surface area contributed by atoms with Crippen LogP contribution in [-0.2, 0) is 18.3 Å². The molecule has 4 aromatic rings. The van der Waals surface area contributed by atoms with Crippen molar-refractivity contribution in [3.8, 4) is 5.95 Å². The van der Waals surface area contributed by atoms with E-state index in [-0.39, 0.29) is 0 Å². The zero-order chi connectivity index (χ0) is 24.7. The highest BCUT2D eigenvalue weighted by Gasteiger charge is 2.29. The molecule has 0 atom stereocenters. The van der Waals surface area contributed by atoms with E-state index in [0.29, 0.717) is 32.3 Å². The number of morpholine rings is 1. The van der Waals surface area contributed by atoms with Gasteiger partial charge in [-0.2, -0.15) is 9.97 Å². The molecule has 1 aromatic carbocycles. The monoisotopic (exact) mass is 490 g/mol. The third-order valence-corrected chi connectivity index (χ3v) is 7.54. The molecule has 0 amide bonds. The third-order valence-electron chi connectivity index (χ3n) is 7.54. The second-order valence-electron chi connectivity index (χ2n) is 10.1. The second kappa shape index (κ2) is 9.42. The molecule has 2 N–H and O–H groups in total. The van der Waals surface area contributed by atoms with E-state index in [9.17, 15) is 5.11 Å². The summed E-state index contributed by atoms with van der Waals surface area (Å²) >= 11 is 0. The van der Waals surface area contributed by atoms with E-state index < -0.39 is 5.60 Å². The minimum atomic E-state index is -0.616. The molecule has 190 valence electrons. The number of anilines is 1. The molecule has 4 heterocycles. The molecule has 6 rings (SSSR count). The fraction of sp³-hybridized carbons (Fsp3) is 0.538. The number of imidazole rings is 2. The number of nitrogens with zero attached hydrogens (tertiary/aromatic N) is 7. The molecule has 10 heteroatoms. The molecule has 0 radical (unpaired) electrons. The highest BCUT2D eigenvalue weighted by atomic mass is 16.5. The highest BCUT2D eigenvalue weighted by Crippen LogP contribution is 2.29. The number of nitrogens with one attached hydrogen (secondary N) is 1. The first kappa shape index (κ1) is 23.3. The number of para-hydroxylation sites is 2. The predicted octanol–water partition coefficient (Wildman–Crippen LogP) is 2.63. The van der Waals surface area contributed by atoms with Crippen LogP contribution in [0, 0.1) is 6.92 Å². The van der Waals surface area contributed by atoms with Crippen LogP contribution in [0.5, 0.6) is 0 Å². The van der Waals surface area contributed by atoms with Crippen LogP contribution in [0.15, 0.2) is 24.3 Å². The number of aryl methyl sites for hydroxylation is 2. The Morgan fingerprint density at radius 2 is 1.81 bits per heavy atom. The Bertz CT molecular complexity index is 1380. The van der Waals surface area contributed by atoms with Gasteiger partial charge in [0.25, 0.3) is 0 Å². The summed E-state index contributed by atoms with van der Waals surface area (Å²) in [4.78, 5) is 22.0. The molecule has 36 heavy (non-hydrogen) atoms. The van der Waals surface area contributed by atoms with E-state index in [1.165, 1.54) is 6.42 Å². The van der Waals surface area contributed by atoms with E-state index in [1.54, 1.807) is 0 Å². The summed E-state index contributed by atoms with van der Waals surface area (Å²) < 4.78 is 9.66. The summed E-state index contributed by atoms with van der Waals surface area (Å²) in [7, 11) is 2.00. The van der Waals surface area contributed by atoms with Crippen molar-refractivity contribution in [2.45, 2.75) is 51.2 Å². The van der Waals surface area contributed by atoms with Crippen molar-refractivity contribution >= 4 is 28.0 Å². The fourth-order valence-electron chi connectivity index (χ4n) is 5.53. The normalized spacial score (nSPS) is 18.4. The molecule has 1 aliphatic carbocycles. The number of hydrogen-bond donors (Lipinski definition) is 2. The van der Waals surface area contributed by atoms with Crippen LogP contribution in [0.1, 0.15) is 43.8 Å². The molecule has 1 saturated heterocycles. The van der Waals surface area contributed by atoms with Crippen molar-refractivity contribution in [2.75, 3.05) is 37.7 Å². The summed E-state index contributed by atoms with van der Waals surface area (Å²) in [5.41, 5.74) is 2.86. The molecule has 0 spiro atoms. The Morgan fingerprint density at radius 3 is 2.61 bits per heavy atom. The summed E-state index contributed by atoms with van der Waals surface area (Å²) in [6.45, 7) is 5.94. The number of rotatable bonds is 6. The number of ether oxygens (including phenoxy) is 1. The lowest BCUT2D eigenvalue weighted by atomic mass is 9.85. The van der Waals surface area contributed by atoms with Crippen molar-refractivity contribution in [3.05, 3.63) is 35.9 Å². The van der Waals surface area contributed by atoms with Gasteiger partial charge in [-0.15, -0.1) is 0 Å². The van der Waals surface area contributed by atoms with Gasteiger partial charge in [-0.1, -0.05) is 31.4 Å². The summed E-state index contributed by atoms with van der Waals surface area (Å²) in [5.74, 6) is 3.13. The Labute approximate surface area is 210 Å². The molecule has 0 bridgehead atoms. The largest absolute Gasteiger partial charge is 0.389 e. The van der Waals surface area contributed by atoms with Gasteiger partial charge in [-0.25, -0.2) is 9.97 Å². The number of aliphatic hydroxyl groups is 1. The van der Waals surface area contributed by atoms with Crippen molar-refractivity contribution < 1.29 is 9.84 Å². The van der Waals surface area contributed by atoms with Gasteiger partial charge in [0.15, 0.2) is 17.0 Å². The second-order valence-corrected chi connectivity index (χ2v) is 10.1. The number of benzene rings is 1. The van der Waals surface area contributed by atoms with Crippen LogP contribution in [0.25, 0.3) is 28.1 Å². The Morgan fingerprint density at radius 1 is 1.03 bits per heavy atom. The lowest BCUT2D eigenvalue weighted by Gasteiger charge is -2.32. The van der Waals surface area contributed by atoms with Crippen LogP contribution < -0.4 is 10.2 Å². The first-order valence-electron chi connectivity index (χ1n) is 13.0. The zero-order valence-electron chi connectivity index (χ0n) is 21.1. The molecule has 3 aromatic heterocycles. The fourth-order valence-corrected chi connectivity index (χ4v) is 5.53. The van der Waals surface area contributed by atoms with Gasteiger partial charge in [-0.05, 0) is 31.9 Å². The Kier molecular flexibility index (Phi) is 6.10. The maximum absolute atomic E-state index is 10.9. The van der Waals surface area contributed by atoms with Crippen molar-refractivity contribution in [1.82, 2.24) is 34.4 Å². The van der Waals surface area contributed by atoms with Crippen molar-refractivity contribution in [3.63, 3.8) is 0 Å². The standard InChI is InChI=1S/C26H34N8O2/c1-18-28-19-8-4-5-9-20(19)34(18)25-30-23-22(24(31-25)33-12-14-36-15-13-33)29-21(32(23)2)16-27-17-26(35)10-6-3-7-11-26/h4-5,8-9,27,35H,3,6-7,10-17H2,1-2H3. The van der Waals surface area contributed by atoms with Crippen LogP contribution in [-0.4, -0.2) is 72.6 Å². The zero-order valence-corrected chi connectivity index (χ0v) is 21.1. The topological polar surface area (TPSA) is 106 Å². The quantitative estimate of drug-likeness (QED) is 0.425. The molecule has 2 fully saturated rings. The minimum absolute atomic E-state index is 0.556. The van der Waals surface area contributed by atoms with Gasteiger partial charge in [0.05, 0.1) is 36.4 Å². The number of aromatic nitrogens is 6. The van der Waals surface area contributed by atoms with E-state index in [4.69, 9.17) is 24.7 Å². The predicted molar refractivity (Wildman–Crippen MR) is 138 cm³/mol. The van der Waals surface area contributed by atoms with Crippen LogP contribution in [0.3, 0.4) is 0 Å². The molecular weight excluding hydrogens is 456 g/mol. The number of fused-ring (bicyclic) bond motifs is 2. The molecule has 1 saturated carbocycles. The van der Waals surface area contributed by atoms with Gasteiger partial charge >= 0.3 is 0 Å². The van der Waals surface area contributed by atoms with Gasteiger partial charge < -0.3 is 24.6 Å². The lowest BCUT2D eigenvalue weighted by Crippen LogP contribution is -2.42. The van der Waals surface area contributed by atoms with Crippen LogP contribution in [0.2, 0.25) is 0 Å². The first-order valence-corrected chi connectivity index (χ1v) is 13.0. The lowest BCUT2D eigenvalue weighted by molar-refractivity contribution is 0.00452. The molecular formula is C26H34N8O2. The van der Waals surface area contributed by atoms with Gasteiger partial charge in [-0.3, -0.25) is 4.57 Å². The molecule has 0 unspecified atom stereocenters. The SMILES string of the molecule is Cc1nc2ccccc2n1-c1nc(N2CCOCC2)c2nc(CNCC3(O)CCCCC3)n(C)c2n1. The van der Waals surface area contributed by atoms with E-state index in [0.717, 1.165) is 78.4 Å². The smallest absolute Gasteiger partial charge is 0.239 e. The Hall–Kier alpha value is -3.08. The van der Waals surface area contributed by atoms with E-state index in [2.05, 4.69) is 10.2 Å². The summed E-state index contributed by atoms with van der Waals surface area (Å²) in [5, 5.41) is 14.3. The maximum Gasteiger partial charge on any atom is 0.239 e. The average Bonchev–Trinajstić information content (AvgIpc) is 3.40. The van der Waals surface area contributed by atoms with Crippen molar-refractivity contribution in [2.24, 2.45) is 7.05 Å².